The Labute approximate surface area is 142 Å². The van der Waals surface area contributed by atoms with Gasteiger partial charge in [-0.2, -0.15) is 0 Å². The number of amides is 1. The van der Waals surface area contributed by atoms with Crippen molar-refractivity contribution in [2.24, 2.45) is 0 Å². The van der Waals surface area contributed by atoms with E-state index < -0.39 is 0 Å². The summed E-state index contributed by atoms with van der Waals surface area (Å²) in [7, 11) is 0. The SMILES string of the molecule is Cc1sc(NC(=O)/C=C/c2ccco2)nc1-c1ccc(Cl)cc1. The number of halogens is 1. The van der Waals surface area contributed by atoms with Crippen LogP contribution in [0.1, 0.15) is 10.6 Å². The van der Waals surface area contributed by atoms with Crippen molar-refractivity contribution in [2.75, 3.05) is 5.32 Å². The second-order valence-corrected chi connectivity index (χ2v) is 6.41. The molecular formula is C17H13ClN2O2S. The predicted molar refractivity (Wildman–Crippen MR) is 93.7 cm³/mol. The minimum atomic E-state index is -0.252. The molecule has 4 nitrogen and oxygen atoms in total. The van der Waals surface area contributed by atoms with Gasteiger partial charge < -0.3 is 4.42 Å². The molecule has 0 unspecified atom stereocenters. The van der Waals surface area contributed by atoms with Gasteiger partial charge in [0.1, 0.15) is 5.76 Å². The molecule has 6 heteroatoms. The Balaban J connectivity index is 1.73. The summed E-state index contributed by atoms with van der Waals surface area (Å²) >= 11 is 7.33. The largest absolute Gasteiger partial charge is 0.465 e. The number of hydrogen-bond acceptors (Lipinski definition) is 4. The van der Waals surface area contributed by atoms with E-state index in [1.165, 1.54) is 17.4 Å². The molecule has 0 aliphatic heterocycles. The van der Waals surface area contributed by atoms with Crippen LogP contribution in [0.5, 0.6) is 0 Å². The number of aryl methyl sites for hydroxylation is 1. The molecule has 2 aromatic heterocycles. The number of anilines is 1. The van der Waals surface area contributed by atoms with E-state index in [1.807, 2.05) is 31.2 Å². The van der Waals surface area contributed by atoms with Gasteiger partial charge in [0.2, 0.25) is 5.91 Å². The summed E-state index contributed by atoms with van der Waals surface area (Å²) in [5.74, 6) is 0.370. The van der Waals surface area contributed by atoms with Crippen LogP contribution in [0.4, 0.5) is 5.13 Å². The highest BCUT2D eigenvalue weighted by Gasteiger charge is 2.11. The Morgan fingerprint density at radius 3 is 2.78 bits per heavy atom. The van der Waals surface area contributed by atoms with Crippen molar-refractivity contribution < 1.29 is 9.21 Å². The fourth-order valence-corrected chi connectivity index (χ4v) is 2.98. The number of nitrogens with one attached hydrogen (secondary N) is 1. The summed E-state index contributed by atoms with van der Waals surface area (Å²) in [6.07, 6.45) is 4.58. The van der Waals surface area contributed by atoms with Crippen LogP contribution in [0.15, 0.2) is 53.2 Å². The lowest BCUT2D eigenvalue weighted by Crippen LogP contribution is -2.07. The number of rotatable bonds is 4. The topological polar surface area (TPSA) is 55.1 Å². The maximum atomic E-state index is 11.9. The zero-order valence-corrected chi connectivity index (χ0v) is 13.8. The molecule has 0 aliphatic rings. The number of aromatic nitrogens is 1. The third-order valence-corrected chi connectivity index (χ3v) is 4.22. The summed E-state index contributed by atoms with van der Waals surface area (Å²) in [6, 6.07) is 11.0. The third kappa shape index (κ3) is 3.88. The quantitative estimate of drug-likeness (QED) is 0.676. The van der Waals surface area contributed by atoms with Crippen LogP contribution in [0.25, 0.3) is 17.3 Å². The first kappa shape index (κ1) is 15.5. The molecule has 3 rings (SSSR count). The molecule has 0 spiro atoms. The molecule has 2 heterocycles. The minimum Gasteiger partial charge on any atom is -0.465 e. The van der Waals surface area contributed by atoms with E-state index in [4.69, 9.17) is 16.0 Å². The highest BCUT2D eigenvalue weighted by molar-refractivity contribution is 7.16. The molecular weight excluding hydrogens is 332 g/mol. The van der Waals surface area contributed by atoms with Crippen LogP contribution >= 0.6 is 22.9 Å². The fraction of sp³-hybridized carbons (Fsp3) is 0.0588. The van der Waals surface area contributed by atoms with Crippen LogP contribution in [0, 0.1) is 6.92 Å². The highest BCUT2D eigenvalue weighted by Crippen LogP contribution is 2.31. The monoisotopic (exact) mass is 344 g/mol. The lowest BCUT2D eigenvalue weighted by atomic mass is 10.1. The van der Waals surface area contributed by atoms with Crippen molar-refractivity contribution in [3.63, 3.8) is 0 Å². The molecule has 0 radical (unpaired) electrons. The molecule has 0 bridgehead atoms. The highest BCUT2D eigenvalue weighted by atomic mass is 35.5. The maximum Gasteiger partial charge on any atom is 0.250 e. The zero-order chi connectivity index (χ0) is 16.2. The fourth-order valence-electron chi connectivity index (χ4n) is 2.02. The van der Waals surface area contributed by atoms with E-state index in [0.29, 0.717) is 15.9 Å². The first-order valence-electron chi connectivity index (χ1n) is 6.88. The normalized spacial score (nSPS) is 11.0. The van der Waals surface area contributed by atoms with E-state index in [9.17, 15) is 4.79 Å². The van der Waals surface area contributed by atoms with Gasteiger partial charge in [0.15, 0.2) is 5.13 Å². The lowest BCUT2D eigenvalue weighted by molar-refractivity contribution is -0.111. The van der Waals surface area contributed by atoms with Gasteiger partial charge in [0.05, 0.1) is 12.0 Å². The molecule has 0 atom stereocenters. The number of carbonyl (C=O) groups excluding carboxylic acids is 1. The molecule has 0 aliphatic carbocycles. The van der Waals surface area contributed by atoms with E-state index in [2.05, 4.69) is 10.3 Å². The van der Waals surface area contributed by atoms with Crippen molar-refractivity contribution >= 4 is 40.1 Å². The number of furan rings is 1. The predicted octanol–water partition coefficient (Wildman–Crippen LogP) is 5.02. The van der Waals surface area contributed by atoms with Gasteiger partial charge in [-0.25, -0.2) is 4.98 Å². The van der Waals surface area contributed by atoms with Gasteiger partial charge in [-0.1, -0.05) is 23.7 Å². The van der Waals surface area contributed by atoms with E-state index >= 15 is 0 Å². The standard InChI is InChI=1S/C17H13ClN2O2S/c1-11-16(12-4-6-13(18)7-5-12)20-17(23-11)19-15(21)9-8-14-3-2-10-22-14/h2-10H,1H3,(H,19,20,21)/b9-8+. The second-order valence-electron chi connectivity index (χ2n) is 4.77. The first-order valence-corrected chi connectivity index (χ1v) is 8.07. The van der Waals surface area contributed by atoms with Crippen molar-refractivity contribution in [3.8, 4) is 11.3 Å². The van der Waals surface area contributed by atoms with Crippen molar-refractivity contribution in [2.45, 2.75) is 6.92 Å². The van der Waals surface area contributed by atoms with Gasteiger partial charge >= 0.3 is 0 Å². The Morgan fingerprint density at radius 2 is 2.09 bits per heavy atom. The second kappa shape index (κ2) is 6.81. The molecule has 0 fully saturated rings. The molecule has 1 N–H and O–H groups in total. The zero-order valence-electron chi connectivity index (χ0n) is 12.2. The first-order chi connectivity index (χ1) is 11.1. The summed E-state index contributed by atoms with van der Waals surface area (Å²) in [5, 5.41) is 4.00. The van der Waals surface area contributed by atoms with Crippen LogP contribution in [0.3, 0.4) is 0 Å². The molecule has 0 saturated carbocycles. The smallest absolute Gasteiger partial charge is 0.250 e. The summed E-state index contributed by atoms with van der Waals surface area (Å²) in [6.45, 7) is 1.97. The maximum absolute atomic E-state index is 11.9. The minimum absolute atomic E-state index is 0.252. The van der Waals surface area contributed by atoms with Crippen LogP contribution in [-0.2, 0) is 4.79 Å². The van der Waals surface area contributed by atoms with Gasteiger partial charge in [-0.15, -0.1) is 11.3 Å². The van der Waals surface area contributed by atoms with Gasteiger partial charge in [-0.3, -0.25) is 10.1 Å². The van der Waals surface area contributed by atoms with Gasteiger partial charge in [-0.05, 0) is 37.3 Å². The van der Waals surface area contributed by atoms with E-state index in [1.54, 1.807) is 24.5 Å². The number of thiazole rings is 1. The Kier molecular flexibility index (Phi) is 4.60. The Hall–Kier alpha value is -2.37. The van der Waals surface area contributed by atoms with Crippen LogP contribution < -0.4 is 5.32 Å². The number of benzene rings is 1. The van der Waals surface area contributed by atoms with Crippen molar-refractivity contribution in [3.05, 3.63) is 64.4 Å². The van der Waals surface area contributed by atoms with Gasteiger partial charge in [0, 0.05) is 21.5 Å². The van der Waals surface area contributed by atoms with Crippen LogP contribution in [-0.4, -0.2) is 10.9 Å². The molecule has 116 valence electrons. The Morgan fingerprint density at radius 1 is 1.30 bits per heavy atom. The third-order valence-electron chi connectivity index (χ3n) is 3.09. The average Bonchev–Trinajstić information content (AvgIpc) is 3.16. The van der Waals surface area contributed by atoms with Gasteiger partial charge in [0.25, 0.3) is 0 Å². The van der Waals surface area contributed by atoms with Crippen LogP contribution in [0.2, 0.25) is 5.02 Å². The number of nitrogens with zero attached hydrogens (tertiary/aromatic N) is 1. The molecule has 23 heavy (non-hydrogen) atoms. The summed E-state index contributed by atoms with van der Waals surface area (Å²) in [5.41, 5.74) is 1.81. The van der Waals surface area contributed by atoms with Crippen molar-refractivity contribution in [1.29, 1.82) is 0 Å². The summed E-state index contributed by atoms with van der Waals surface area (Å²) in [4.78, 5) is 17.4. The summed E-state index contributed by atoms with van der Waals surface area (Å²) < 4.78 is 5.13. The lowest BCUT2D eigenvalue weighted by Gasteiger charge is -1.98. The van der Waals surface area contributed by atoms with E-state index in [-0.39, 0.29) is 5.91 Å². The molecule has 3 aromatic rings. The van der Waals surface area contributed by atoms with E-state index in [0.717, 1.165) is 16.1 Å². The number of hydrogen-bond donors (Lipinski definition) is 1. The molecule has 1 amide bonds. The Bertz CT molecular complexity index is 836. The average molecular weight is 345 g/mol. The molecule has 1 aromatic carbocycles. The number of carbonyl (C=O) groups is 1. The van der Waals surface area contributed by atoms with Crippen molar-refractivity contribution in [1.82, 2.24) is 4.98 Å². The molecule has 0 saturated heterocycles.